The highest BCUT2D eigenvalue weighted by atomic mass is 32.1. The van der Waals surface area contributed by atoms with Crippen molar-refractivity contribution in [3.8, 4) is 6.07 Å². The van der Waals surface area contributed by atoms with E-state index in [0.29, 0.717) is 27.3 Å². The number of carbonyl (C=O) groups excluding carboxylic acids is 1. The SMILES string of the molecule is COC(=O)c1csc2c(=O)n(Cc3ccccc3C#N)c(N3CCCCC3)nc12. The molecule has 3 aromatic rings. The molecule has 148 valence electrons. The lowest BCUT2D eigenvalue weighted by molar-refractivity contribution is 0.0603. The third-order valence-electron chi connectivity index (χ3n) is 5.17. The highest BCUT2D eigenvalue weighted by Crippen LogP contribution is 2.27. The number of thiophene rings is 1. The van der Waals surface area contributed by atoms with Gasteiger partial charge in [0.05, 0.1) is 30.9 Å². The van der Waals surface area contributed by atoms with Gasteiger partial charge in [-0.25, -0.2) is 9.78 Å². The number of esters is 1. The number of piperidine rings is 1. The van der Waals surface area contributed by atoms with Crippen LogP contribution in [0.15, 0.2) is 34.4 Å². The van der Waals surface area contributed by atoms with Crippen LogP contribution < -0.4 is 10.5 Å². The third kappa shape index (κ3) is 3.49. The van der Waals surface area contributed by atoms with Crippen molar-refractivity contribution in [3.63, 3.8) is 0 Å². The van der Waals surface area contributed by atoms with Gasteiger partial charge in [-0.3, -0.25) is 9.36 Å². The van der Waals surface area contributed by atoms with Gasteiger partial charge in [0.1, 0.15) is 10.2 Å². The Labute approximate surface area is 171 Å². The van der Waals surface area contributed by atoms with Gasteiger partial charge in [-0.2, -0.15) is 5.26 Å². The molecule has 0 radical (unpaired) electrons. The van der Waals surface area contributed by atoms with Crippen molar-refractivity contribution >= 4 is 33.5 Å². The van der Waals surface area contributed by atoms with Crippen molar-refractivity contribution in [1.29, 1.82) is 5.26 Å². The number of anilines is 1. The summed E-state index contributed by atoms with van der Waals surface area (Å²) in [4.78, 5) is 32.4. The molecule has 7 nitrogen and oxygen atoms in total. The quantitative estimate of drug-likeness (QED) is 0.616. The lowest BCUT2D eigenvalue weighted by Crippen LogP contribution is -2.36. The first-order valence-electron chi connectivity index (χ1n) is 9.47. The summed E-state index contributed by atoms with van der Waals surface area (Å²) in [5.74, 6) is 0.0406. The lowest BCUT2D eigenvalue weighted by Gasteiger charge is -2.29. The molecule has 1 aliphatic heterocycles. The molecule has 4 rings (SSSR count). The molecule has 8 heteroatoms. The first kappa shape index (κ1) is 19.2. The maximum Gasteiger partial charge on any atom is 0.340 e. The van der Waals surface area contributed by atoms with E-state index in [0.717, 1.165) is 37.9 Å². The van der Waals surface area contributed by atoms with Crippen LogP contribution in [0.4, 0.5) is 5.95 Å². The number of methoxy groups -OCH3 is 1. The zero-order chi connectivity index (χ0) is 20.4. The van der Waals surface area contributed by atoms with E-state index in [4.69, 9.17) is 9.72 Å². The Hall–Kier alpha value is -3.18. The Kier molecular flexibility index (Phi) is 5.32. The van der Waals surface area contributed by atoms with Gasteiger partial charge in [-0.15, -0.1) is 11.3 Å². The summed E-state index contributed by atoms with van der Waals surface area (Å²) in [6.45, 7) is 1.86. The molecule has 2 aromatic heterocycles. The van der Waals surface area contributed by atoms with Crippen molar-refractivity contribution < 1.29 is 9.53 Å². The van der Waals surface area contributed by atoms with Crippen molar-refractivity contribution in [2.45, 2.75) is 25.8 Å². The number of nitriles is 1. The standard InChI is InChI=1S/C21H20N4O3S/c1-28-20(27)16-13-29-18-17(16)23-21(24-9-5-2-6-10-24)25(19(18)26)12-15-8-4-3-7-14(15)11-22/h3-4,7-8,13H,2,5-6,9-10,12H2,1H3. The Balaban J connectivity index is 1.92. The molecule has 0 unspecified atom stereocenters. The van der Waals surface area contributed by atoms with Crippen LogP contribution in [0.25, 0.3) is 10.2 Å². The number of rotatable bonds is 4. The number of hydrogen-bond acceptors (Lipinski definition) is 7. The van der Waals surface area contributed by atoms with Crippen LogP contribution in [0.5, 0.6) is 0 Å². The van der Waals surface area contributed by atoms with E-state index in [1.54, 1.807) is 22.1 Å². The van der Waals surface area contributed by atoms with E-state index in [1.165, 1.54) is 18.4 Å². The van der Waals surface area contributed by atoms with E-state index < -0.39 is 5.97 Å². The number of fused-ring (bicyclic) bond motifs is 1. The number of carbonyl (C=O) groups is 1. The molecule has 1 aliphatic rings. The fourth-order valence-corrected chi connectivity index (χ4v) is 4.58. The topological polar surface area (TPSA) is 88.2 Å². The normalized spacial score (nSPS) is 14.0. The first-order valence-corrected chi connectivity index (χ1v) is 10.4. The summed E-state index contributed by atoms with van der Waals surface area (Å²) in [7, 11) is 1.32. The third-order valence-corrected chi connectivity index (χ3v) is 6.13. The van der Waals surface area contributed by atoms with Crippen LogP contribution in [0.3, 0.4) is 0 Å². The summed E-state index contributed by atoms with van der Waals surface area (Å²) in [6, 6.07) is 9.44. The van der Waals surface area contributed by atoms with E-state index in [9.17, 15) is 14.9 Å². The Morgan fingerprint density at radius 1 is 1.28 bits per heavy atom. The largest absolute Gasteiger partial charge is 0.465 e. The summed E-state index contributed by atoms with van der Waals surface area (Å²) < 4.78 is 6.90. The molecule has 0 N–H and O–H groups in total. The van der Waals surface area contributed by atoms with E-state index in [1.807, 2.05) is 12.1 Å². The minimum Gasteiger partial charge on any atom is -0.465 e. The van der Waals surface area contributed by atoms with Gasteiger partial charge in [-0.1, -0.05) is 18.2 Å². The van der Waals surface area contributed by atoms with Gasteiger partial charge in [-0.05, 0) is 30.9 Å². The van der Waals surface area contributed by atoms with Crippen molar-refractivity contribution in [2.75, 3.05) is 25.1 Å². The van der Waals surface area contributed by atoms with Crippen LogP contribution in [0.2, 0.25) is 0 Å². The van der Waals surface area contributed by atoms with Crippen molar-refractivity contribution in [1.82, 2.24) is 9.55 Å². The van der Waals surface area contributed by atoms with Crippen molar-refractivity contribution in [3.05, 3.63) is 56.7 Å². The lowest BCUT2D eigenvalue weighted by atomic mass is 10.1. The molecule has 1 fully saturated rings. The molecule has 3 heterocycles. The van der Waals surface area contributed by atoms with Gasteiger partial charge in [0.2, 0.25) is 5.95 Å². The molecule has 0 aliphatic carbocycles. The average Bonchev–Trinajstić information content (AvgIpc) is 3.20. The van der Waals surface area contributed by atoms with Gasteiger partial charge < -0.3 is 9.64 Å². The maximum absolute atomic E-state index is 13.4. The Morgan fingerprint density at radius 3 is 2.76 bits per heavy atom. The minimum absolute atomic E-state index is 0.205. The maximum atomic E-state index is 13.4. The molecule has 0 amide bonds. The van der Waals surface area contributed by atoms with Gasteiger partial charge in [0.25, 0.3) is 5.56 Å². The molecule has 1 saturated heterocycles. The zero-order valence-electron chi connectivity index (χ0n) is 16.1. The summed E-state index contributed by atoms with van der Waals surface area (Å²) in [5, 5.41) is 11.1. The molecule has 29 heavy (non-hydrogen) atoms. The Morgan fingerprint density at radius 2 is 2.03 bits per heavy atom. The molecule has 0 atom stereocenters. The second kappa shape index (κ2) is 8.05. The highest BCUT2D eigenvalue weighted by Gasteiger charge is 2.24. The summed E-state index contributed by atoms with van der Waals surface area (Å²) in [6.07, 6.45) is 3.19. The number of ether oxygens (including phenoxy) is 1. The second-order valence-corrected chi connectivity index (χ2v) is 7.82. The van der Waals surface area contributed by atoms with Crippen LogP contribution in [-0.2, 0) is 11.3 Å². The van der Waals surface area contributed by atoms with Gasteiger partial charge >= 0.3 is 5.97 Å². The molecular weight excluding hydrogens is 388 g/mol. The predicted molar refractivity (Wildman–Crippen MR) is 112 cm³/mol. The zero-order valence-corrected chi connectivity index (χ0v) is 16.9. The monoisotopic (exact) mass is 408 g/mol. The predicted octanol–water partition coefficient (Wildman–Crippen LogP) is 3.15. The first-order chi connectivity index (χ1) is 14.1. The van der Waals surface area contributed by atoms with E-state index in [2.05, 4.69) is 11.0 Å². The summed E-state index contributed by atoms with van der Waals surface area (Å²) >= 11 is 1.19. The smallest absolute Gasteiger partial charge is 0.340 e. The number of hydrogen-bond donors (Lipinski definition) is 0. The van der Waals surface area contributed by atoms with E-state index >= 15 is 0 Å². The molecular formula is C21H20N4O3S. The highest BCUT2D eigenvalue weighted by molar-refractivity contribution is 7.17. The fraction of sp³-hybridized carbons (Fsp3) is 0.333. The van der Waals surface area contributed by atoms with Gasteiger partial charge in [0.15, 0.2) is 0 Å². The molecule has 1 aromatic carbocycles. The number of benzene rings is 1. The van der Waals surface area contributed by atoms with Crippen LogP contribution in [-0.4, -0.2) is 35.7 Å². The Bertz CT molecular complexity index is 1170. The minimum atomic E-state index is -0.500. The fourth-order valence-electron chi connectivity index (χ4n) is 3.66. The molecule has 0 bridgehead atoms. The van der Waals surface area contributed by atoms with E-state index in [-0.39, 0.29) is 12.1 Å². The number of aromatic nitrogens is 2. The molecule has 0 spiro atoms. The van der Waals surface area contributed by atoms with Crippen molar-refractivity contribution in [2.24, 2.45) is 0 Å². The van der Waals surface area contributed by atoms with Crippen LogP contribution in [0.1, 0.15) is 40.7 Å². The van der Waals surface area contributed by atoms with Crippen LogP contribution in [0, 0.1) is 11.3 Å². The van der Waals surface area contributed by atoms with Crippen LogP contribution >= 0.6 is 11.3 Å². The second-order valence-electron chi connectivity index (χ2n) is 6.94. The summed E-state index contributed by atoms with van der Waals surface area (Å²) in [5.41, 5.74) is 1.79. The molecule has 0 saturated carbocycles. The number of nitrogens with zero attached hydrogens (tertiary/aromatic N) is 4. The average molecular weight is 408 g/mol. The van der Waals surface area contributed by atoms with Gasteiger partial charge in [0, 0.05) is 18.5 Å².